The Bertz CT molecular complexity index is 291. The van der Waals surface area contributed by atoms with E-state index >= 15 is 0 Å². The van der Waals surface area contributed by atoms with E-state index in [2.05, 4.69) is 5.32 Å². The first-order valence-electron chi connectivity index (χ1n) is 6.25. The van der Waals surface area contributed by atoms with Gasteiger partial charge in [-0.05, 0) is 12.3 Å². The maximum atomic E-state index is 12.0. The van der Waals surface area contributed by atoms with Crippen molar-refractivity contribution in [1.82, 2.24) is 10.2 Å². The Morgan fingerprint density at radius 3 is 2.44 bits per heavy atom. The molecule has 2 amide bonds. The van der Waals surface area contributed by atoms with Crippen molar-refractivity contribution in [2.45, 2.75) is 26.3 Å². The van der Waals surface area contributed by atoms with Gasteiger partial charge in [-0.15, -0.1) is 0 Å². The molecule has 0 aromatic carbocycles. The largest absolute Gasteiger partial charge is 0.467 e. The molecule has 1 heterocycles. The third-order valence-electron chi connectivity index (χ3n) is 2.79. The lowest BCUT2D eigenvalue weighted by Crippen LogP contribution is -2.50. The molecule has 0 unspecified atom stereocenters. The Balaban J connectivity index is 2.52. The molecule has 1 fully saturated rings. The molecule has 6 heteroatoms. The number of thioether (sulfide) groups is 1. The molecule has 5 nitrogen and oxygen atoms in total. The Kier molecular flexibility index (Phi) is 6.32. The van der Waals surface area contributed by atoms with Crippen molar-refractivity contribution in [2.75, 3.05) is 31.7 Å². The molecule has 0 aromatic rings. The minimum atomic E-state index is -0.544. The highest BCUT2D eigenvalue weighted by molar-refractivity contribution is 7.99. The topological polar surface area (TPSA) is 58.6 Å². The van der Waals surface area contributed by atoms with Crippen molar-refractivity contribution in [3.05, 3.63) is 0 Å². The van der Waals surface area contributed by atoms with Crippen LogP contribution < -0.4 is 5.32 Å². The number of nitrogens with one attached hydrogen (secondary N) is 1. The van der Waals surface area contributed by atoms with Crippen LogP contribution in [0.25, 0.3) is 0 Å². The highest BCUT2D eigenvalue weighted by atomic mass is 32.2. The predicted octanol–water partition coefficient (Wildman–Crippen LogP) is 1.33. The molecule has 0 saturated carbocycles. The zero-order valence-corrected chi connectivity index (χ0v) is 12.1. The lowest BCUT2D eigenvalue weighted by molar-refractivity contribution is -0.143. The van der Waals surface area contributed by atoms with Gasteiger partial charge in [0.25, 0.3) is 0 Å². The minimum absolute atomic E-state index is 0.161. The average Bonchev–Trinajstić information content (AvgIpc) is 2.37. The van der Waals surface area contributed by atoms with Gasteiger partial charge in [0.05, 0.1) is 7.11 Å². The molecule has 1 atom stereocenters. The van der Waals surface area contributed by atoms with Crippen LogP contribution in [0, 0.1) is 5.92 Å². The van der Waals surface area contributed by atoms with Crippen molar-refractivity contribution in [1.29, 1.82) is 0 Å². The maximum Gasteiger partial charge on any atom is 0.328 e. The van der Waals surface area contributed by atoms with E-state index in [0.717, 1.165) is 24.6 Å². The molecule has 0 radical (unpaired) electrons. The lowest BCUT2D eigenvalue weighted by Gasteiger charge is -2.28. The van der Waals surface area contributed by atoms with Crippen LogP contribution >= 0.6 is 11.8 Å². The smallest absolute Gasteiger partial charge is 0.328 e. The van der Waals surface area contributed by atoms with Crippen LogP contribution in [0.4, 0.5) is 4.79 Å². The molecule has 0 bridgehead atoms. The van der Waals surface area contributed by atoms with Crippen LogP contribution in [-0.2, 0) is 9.53 Å². The van der Waals surface area contributed by atoms with Gasteiger partial charge >= 0.3 is 12.0 Å². The summed E-state index contributed by atoms with van der Waals surface area (Å²) in [6, 6.07) is -0.705. The molecule has 0 aromatic heterocycles. The highest BCUT2D eigenvalue weighted by Crippen LogP contribution is 2.11. The summed E-state index contributed by atoms with van der Waals surface area (Å²) < 4.78 is 4.73. The van der Waals surface area contributed by atoms with Gasteiger partial charge in [-0.2, -0.15) is 11.8 Å². The number of hydrogen-bond acceptors (Lipinski definition) is 4. The molecule has 1 N–H and O–H groups in total. The van der Waals surface area contributed by atoms with Crippen molar-refractivity contribution in [3.8, 4) is 0 Å². The molecular weight excluding hydrogens is 252 g/mol. The normalized spacial score (nSPS) is 17.4. The number of nitrogens with zero attached hydrogens (tertiary/aromatic N) is 1. The van der Waals surface area contributed by atoms with Gasteiger partial charge in [-0.25, -0.2) is 9.59 Å². The van der Waals surface area contributed by atoms with Crippen LogP contribution in [0.2, 0.25) is 0 Å². The van der Waals surface area contributed by atoms with Crippen molar-refractivity contribution < 1.29 is 14.3 Å². The van der Waals surface area contributed by atoms with Crippen LogP contribution in [-0.4, -0.2) is 54.6 Å². The van der Waals surface area contributed by atoms with Gasteiger partial charge in [-0.3, -0.25) is 0 Å². The average molecular weight is 274 g/mol. The number of rotatable bonds is 4. The first-order chi connectivity index (χ1) is 8.54. The predicted molar refractivity (Wildman–Crippen MR) is 72.7 cm³/mol. The summed E-state index contributed by atoms with van der Waals surface area (Å²) in [7, 11) is 1.35. The molecule has 1 rings (SSSR count). The van der Waals surface area contributed by atoms with Crippen LogP contribution in [0.5, 0.6) is 0 Å². The summed E-state index contributed by atoms with van der Waals surface area (Å²) in [6.07, 6.45) is 0.598. The van der Waals surface area contributed by atoms with E-state index in [1.165, 1.54) is 7.11 Å². The number of esters is 1. The van der Waals surface area contributed by atoms with E-state index in [-0.39, 0.29) is 12.0 Å². The lowest BCUT2D eigenvalue weighted by atomic mass is 10.0. The van der Waals surface area contributed by atoms with Gasteiger partial charge in [0, 0.05) is 24.6 Å². The van der Waals surface area contributed by atoms with E-state index in [1.807, 2.05) is 25.6 Å². The maximum absolute atomic E-state index is 12.0. The van der Waals surface area contributed by atoms with Crippen LogP contribution in [0.3, 0.4) is 0 Å². The summed E-state index contributed by atoms with van der Waals surface area (Å²) in [5.74, 6) is 1.87. The van der Waals surface area contributed by atoms with Crippen molar-refractivity contribution in [3.63, 3.8) is 0 Å². The van der Waals surface area contributed by atoms with Crippen LogP contribution in [0.15, 0.2) is 0 Å². The summed E-state index contributed by atoms with van der Waals surface area (Å²) in [6.45, 7) is 5.51. The molecule has 0 spiro atoms. The first kappa shape index (κ1) is 15.1. The number of carbonyl (C=O) groups excluding carboxylic acids is 2. The number of methoxy groups -OCH3 is 1. The standard InChI is InChI=1S/C12H22N2O3S/c1-9(2)8-10(11(15)17-3)13-12(16)14-4-6-18-7-5-14/h9-10H,4-8H2,1-3H3,(H,13,16)/t10-/m0/s1. The first-order valence-corrected chi connectivity index (χ1v) is 7.41. The number of hydrogen-bond donors (Lipinski definition) is 1. The van der Waals surface area contributed by atoms with E-state index in [0.29, 0.717) is 12.3 Å². The third kappa shape index (κ3) is 4.76. The fraction of sp³-hybridized carbons (Fsp3) is 0.833. The van der Waals surface area contributed by atoms with Gasteiger partial charge < -0.3 is 15.0 Å². The second-order valence-electron chi connectivity index (χ2n) is 4.75. The molecule has 18 heavy (non-hydrogen) atoms. The molecule has 104 valence electrons. The fourth-order valence-electron chi connectivity index (χ4n) is 1.83. The number of ether oxygens (including phenoxy) is 1. The monoisotopic (exact) mass is 274 g/mol. The molecule has 0 aliphatic carbocycles. The Morgan fingerprint density at radius 1 is 1.33 bits per heavy atom. The minimum Gasteiger partial charge on any atom is -0.467 e. The Labute approximate surface area is 113 Å². The van der Waals surface area contributed by atoms with Gasteiger partial charge in [0.15, 0.2) is 0 Å². The summed E-state index contributed by atoms with van der Waals surface area (Å²) >= 11 is 1.84. The van der Waals surface area contributed by atoms with Crippen molar-refractivity contribution in [2.24, 2.45) is 5.92 Å². The Morgan fingerprint density at radius 2 is 1.94 bits per heavy atom. The summed E-state index contributed by atoms with van der Waals surface area (Å²) in [5.41, 5.74) is 0. The number of urea groups is 1. The highest BCUT2D eigenvalue weighted by Gasteiger charge is 2.25. The molecule has 1 aliphatic heterocycles. The Hall–Kier alpha value is -0.910. The van der Waals surface area contributed by atoms with E-state index < -0.39 is 6.04 Å². The number of carbonyl (C=O) groups is 2. The summed E-state index contributed by atoms with van der Waals surface area (Å²) in [4.78, 5) is 25.4. The van der Waals surface area contributed by atoms with Gasteiger partial charge in [0.2, 0.25) is 0 Å². The SMILES string of the molecule is COC(=O)[C@H](CC(C)C)NC(=O)N1CCSCC1. The number of amides is 2. The third-order valence-corrected chi connectivity index (χ3v) is 3.73. The second kappa shape index (κ2) is 7.51. The van der Waals surface area contributed by atoms with Crippen molar-refractivity contribution >= 4 is 23.8 Å². The van der Waals surface area contributed by atoms with E-state index in [9.17, 15) is 9.59 Å². The van der Waals surface area contributed by atoms with Gasteiger partial charge in [-0.1, -0.05) is 13.8 Å². The van der Waals surface area contributed by atoms with E-state index in [4.69, 9.17) is 4.74 Å². The molecule has 1 aliphatic rings. The molecule has 1 saturated heterocycles. The zero-order valence-electron chi connectivity index (χ0n) is 11.3. The second-order valence-corrected chi connectivity index (χ2v) is 5.98. The van der Waals surface area contributed by atoms with Gasteiger partial charge in [0.1, 0.15) is 6.04 Å². The quantitative estimate of drug-likeness (QED) is 0.786. The van der Waals surface area contributed by atoms with E-state index in [1.54, 1.807) is 4.90 Å². The van der Waals surface area contributed by atoms with Crippen LogP contribution in [0.1, 0.15) is 20.3 Å². The zero-order chi connectivity index (χ0) is 13.5. The fourth-order valence-corrected chi connectivity index (χ4v) is 2.74. The molecular formula is C12H22N2O3S. The summed E-state index contributed by atoms with van der Waals surface area (Å²) in [5, 5.41) is 2.77.